The molecule has 0 bridgehead atoms. The maximum Gasteiger partial charge on any atom is 0.253 e. The predicted molar refractivity (Wildman–Crippen MR) is 57.8 cm³/mol. The van der Waals surface area contributed by atoms with Gasteiger partial charge >= 0.3 is 0 Å². The molecule has 0 spiro atoms. The maximum absolute atomic E-state index is 12.1. The van der Waals surface area contributed by atoms with E-state index >= 15 is 0 Å². The predicted octanol–water partition coefficient (Wildman–Crippen LogP) is -0.338. The number of aromatic nitrogens is 2. The van der Waals surface area contributed by atoms with Crippen molar-refractivity contribution in [2.24, 2.45) is 7.05 Å². The molecule has 86 valence electrons. The molecule has 6 heteroatoms. The largest absolute Gasteiger partial charge is 0.341 e. The first-order valence-electron chi connectivity index (χ1n) is 5.03. The van der Waals surface area contributed by atoms with E-state index in [2.05, 4.69) is 10.4 Å². The number of hydrogen-bond donors (Lipinski definition) is 1. The van der Waals surface area contributed by atoms with Gasteiger partial charge in [0.2, 0.25) is 5.91 Å². The summed E-state index contributed by atoms with van der Waals surface area (Å²) in [5.41, 5.74) is -0.868. The van der Waals surface area contributed by atoms with E-state index in [1.165, 1.54) is 4.90 Å². The van der Waals surface area contributed by atoms with Gasteiger partial charge in [0.1, 0.15) is 12.1 Å². The molecule has 2 rings (SSSR count). The summed E-state index contributed by atoms with van der Waals surface area (Å²) in [7, 11) is 1.77. The number of nitrogens with one attached hydrogen (secondary N) is 1. The van der Waals surface area contributed by atoms with Crippen molar-refractivity contribution in [3.8, 4) is 0 Å². The molecule has 1 aromatic heterocycles. The van der Waals surface area contributed by atoms with Gasteiger partial charge in [0.05, 0.1) is 0 Å². The second-order valence-corrected chi connectivity index (χ2v) is 4.41. The lowest BCUT2D eigenvalue weighted by Crippen LogP contribution is -2.64. The van der Waals surface area contributed by atoms with Crippen LogP contribution < -0.4 is 10.2 Å². The summed E-state index contributed by atoms with van der Waals surface area (Å²) in [6, 6.07) is 1.71. The number of carbonyl (C=O) groups excluding carboxylic acids is 2. The molecule has 0 saturated carbocycles. The van der Waals surface area contributed by atoms with E-state index in [4.69, 9.17) is 0 Å². The molecule has 1 aliphatic rings. The van der Waals surface area contributed by atoms with Crippen LogP contribution in [0.1, 0.15) is 13.8 Å². The molecular weight excluding hydrogens is 208 g/mol. The van der Waals surface area contributed by atoms with Crippen LogP contribution in [0.5, 0.6) is 0 Å². The quantitative estimate of drug-likeness (QED) is 0.707. The Morgan fingerprint density at radius 2 is 2.12 bits per heavy atom. The number of aryl methyl sites for hydroxylation is 1. The minimum absolute atomic E-state index is 0.0271. The Hall–Kier alpha value is -1.85. The molecule has 6 nitrogen and oxygen atoms in total. The third-order valence-corrected chi connectivity index (χ3v) is 2.51. The monoisotopic (exact) mass is 222 g/mol. The number of hydrogen-bond acceptors (Lipinski definition) is 3. The summed E-state index contributed by atoms with van der Waals surface area (Å²) in [6.07, 6.45) is 1.74. The molecule has 0 atom stereocenters. The number of anilines is 1. The number of nitrogens with zero attached hydrogens (tertiary/aromatic N) is 3. The third-order valence-electron chi connectivity index (χ3n) is 2.51. The Labute approximate surface area is 93.2 Å². The van der Waals surface area contributed by atoms with Gasteiger partial charge in [-0.15, -0.1) is 0 Å². The fourth-order valence-corrected chi connectivity index (χ4v) is 1.73. The molecule has 0 aromatic carbocycles. The van der Waals surface area contributed by atoms with Crippen LogP contribution in [-0.4, -0.2) is 33.7 Å². The highest BCUT2D eigenvalue weighted by atomic mass is 16.2. The van der Waals surface area contributed by atoms with Crippen LogP contribution in [0, 0.1) is 0 Å². The number of amides is 2. The zero-order chi connectivity index (χ0) is 11.9. The minimum atomic E-state index is -0.868. The van der Waals surface area contributed by atoms with Crippen molar-refractivity contribution in [2.75, 3.05) is 11.4 Å². The topological polar surface area (TPSA) is 67.2 Å². The second-order valence-electron chi connectivity index (χ2n) is 4.41. The lowest BCUT2D eigenvalue weighted by molar-refractivity contribution is -0.134. The highest BCUT2D eigenvalue weighted by Gasteiger charge is 2.40. The zero-order valence-electron chi connectivity index (χ0n) is 9.52. The van der Waals surface area contributed by atoms with E-state index in [0.29, 0.717) is 5.82 Å². The molecule has 0 radical (unpaired) electrons. The van der Waals surface area contributed by atoms with Gasteiger partial charge in [-0.25, -0.2) is 0 Å². The molecule has 1 aromatic rings. The van der Waals surface area contributed by atoms with Gasteiger partial charge in [0.25, 0.3) is 5.91 Å². The summed E-state index contributed by atoms with van der Waals surface area (Å²) >= 11 is 0. The molecule has 16 heavy (non-hydrogen) atoms. The lowest BCUT2D eigenvalue weighted by atomic mass is 10.0. The van der Waals surface area contributed by atoms with Crippen molar-refractivity contribution in [2.45, 2.75) is 19.4 Å². The molecule has 1 saturated heterocycles. The van der Waals surface area contributed by atoms with Gasteiger partial charge in [0.15, 0.2) is 5.82 Å². The maximum atomic E-state index is 12.1. The second kappa shape index (κ2) is 3.33. The van der Waals surface area contributed by atoms with Gasteiger partial charge in [-0.3, -0.25) is 19.2 Å². The molecule has 2 amide bonds. The van der Waals surface area contributed by atoms with Gasteiger partial charge in [-0.05, 0) is 13.8 Å². The van der Waals surface area contributed by atoms with E-state index in [0.717, 1.165) is 0 Å². The Morgan fingerprint density at radius 1 is 1.44 bits per heavy atom. The number of piperazine rings is 1. The first-order chi connectivity index (χ1) is 7.40. The van der Waals surface area contributed by atoms with E-state index in [1.807, 2.05) is 0 Å². The standard InChI is InChI=1S/C10H14N4O2/c1-10(2)9(16)14(6-8(15)11-10)7-4-5-13(3)12-7/h4-5H,6H2,1-3H3,(H,11,15). The summed E-state index contributed by atoms with van der Waals surface area (Å²) in [4.78, 5) is 24.9. The van der Waals surface area contributed by atoms with Crippen molar-refractivity contribution in [1.82, 2.24) is 15.1 Å². The highest BCUT2D eigenvalue weighted by molar-refractivity contribution is 6.08. The van der Waals surface area contributed by atoms with Crippen LogP contribution in [0.2, 0.25) is 0 Å². The lowest BCUT2D eigenvalue weighted by Gasteiger charge is -2.36. The smallest absolute Gasteiger partial charge is 0.253 e. The van der Waals surface area contributed by atoms with Gasteiger partial charge < -0.3 is 5.32 Å². The van der Waals surface area contributed by atoms with Crippen LogP contribution in [0.4, 0.5) is 5.82 Å². The van der Waals surface area contributed by atoms with Gasteiger partial charge in [0, 0.05) is 19.3 Å². The zero-order valence-corrected chi connectivity index (χ0v) is 9.52. The Bertz CT molecular complexity index is 449. The summed E-state index contributed by atoms with van der Waals surface area (Å²) in [6.45, 7) is 3.39. The van der Waals surface area contributed by atoms with E-state index in [1.54, 1.807) is 37.8 Å². The van der Waals surface area contributed by atoms with Crippen molar-refractivity contribution < 1.29 is 9.59 Å². The van der Waals surface area contributed by atoms with Crippen LogP contribution in [-0.2, 0) is 16.6 Å². The van der Waals surface area contributed by atoms with Crippen LogP contribution in [0.3, 0.4) is 0 Å². The SMILES string of the molecule is Cn1ccc(N2CC(=O)NC(C)(C)C2=O)n1. The normalized spacial score (nSPS) is 19.8. The number of rotatable bonds is 1. The molecule has 0 aliphatic carbocycles. The number of carbonyl (C=O) groups is 2. The average Bonchev–Trinajstić information content (AvgIpc) is 2.57. The molecular formula is C10H14N4O2. The van der Waals surface area contributed by atoms with Crippen molar-refractivity contribution in [3.63, 3.8) is 0 Å². The highest BCUT2D eigenvalue weighted by Crippen LogP contribution is 2.19. The summed E-state index contributed by atoms with van der Waals surface area (Å²) in [5, 5.41) is 6.77. The Balaban J connectivity index is 2.34. The van der Waals surface area contributed by atoms with Crippen LogP contribution in [0.25, 0.3) is 0 Å². The first kappa shape index (κ1) is 10.7. The molecule has 1 aliphatic heterocycles. The van der Waals surface area contributed by atoms with Crippen molar-refractivity contribution in [3.05, 3.63) is 12.3 Å². The Kier molecular flexibility index (Phi) is 2.22. The molecule has 2 heterocycles. The fourth-order valence-electron chi connectivity index (χ4n) is 1.73. The van der Waals surface area contributed by atoms with Crippen molar-refractivity contribution in [1.29, 1.82) is 0 Å². The molecule has 1 N–H and O–H groups in total. The van der Waals surface area contributed by atoms with Gasteiger partial charge in [-0.2, -0.15) is 5.10 Å². The molecule has 1 fully saturated rings. The first-order valence-corrected chi connectivity index (χ1v) is 5.03. The van der Waals surface area contributed by atoms with Crippen molar-refractivity contribution >= 4 is 17.6 Å². The van der Waals surface area contributed by atoms with Crippen LogP contribution in [0.15, 0.2) is 12.3 Å². The summed E-state index contributed by atoms with van der Waals surface area (Å²) in [5.74, 6) is 0.191. The minimum Gasteiger partial charge on any atom is -0.341 e. The Morgan fingerprint density at radius 3 is 2.69 bits per heavy atom. The van der Waals surface area contributed by atoms with E-state index < -0.39 is 5.54 Å². The van der Waals surface area contributed by atoms with E-state index in [9.17, 15) is 9.59 Å². The third kappa shape index (κ3) is 1.66. The average molecular weight is 222 g/mol. The van der Waals surface area contributed by atoms with Crippen LogP contribution >= 0.6 is 0 Å². The summed E-state index contributed by atoms with van der Waals surface area (Å²) < 4.78 is 1.60. The molecule has 0 unspecified atom stereocenters. The van der Waals surface area contributed by atoms with Gasteiger partial charge in [-0.1, -0.05) is 0 Å². The fraction of sp³-hybridized carbons (Fsp3) is 0.500. The van der Waals surface area contributed by atoms with E-state index in [-0.39, 0.29) is 18.4 Å².